The molecule has 6 nitrogen and oxygen atoms in total. The van der Waals surface area contributed by atoms with Gasteiger partial charge in [-0.15, -0.1) is 0 Å². The second-order valence-electron chi connectivity index (χ2n) is 7.00. The highest BCUT2D eigenvalue weighted by molar-refractivity contribution is 6.19. The monoisotopic (exact) mass is 330 g/mol. The maximum atomic E-state index is 12.4. The maximum absolute atomic E-state index is 12.4. The Hall–Kier alpha value is -2.47. The van der Waals surface area contributed by atoms with E-state index in [1.807, 2.05) is 6.92 Å². The fourth-order valence-electron chi connectivity index (χ4n) is 3.61. The molecule has 2 aromatic carbocycles. The van der Waals surface area contributed by atoms with Crippen molar-refractivity contribution in [2.24, 2.45) is 0 Å². The highest BCUT2D eigenvalue weighted by atomic mass is 16.6. The Kier molecular flexibility index (Phi) is 2.60. The van der Waals surface area contributed by atoms with Crippen molar-refractivity contribution in [3.63, 3.8) is 0 Å². The average molecular weight is 330 g/mol. The third-order valence-electron chi connectivity index (χ3n) is 5.32. The Morgan fingerprint density at radius 1 is 1.17 bits per heavy atom. The molecule has 0 bridgehead atoms. The van der Waals surface area contributed by atoms with Crippen LogP contribution in [0.4, 0.5) is 0 Å². The van der Waals surface area contributed by atoms with Crippen LogP contribution in [0, 0.1) is 6.92 Å². The van der Waals surface area contributed by atoms with Gasteiger partial charge in [0.2, 0.25) is 5.79 Å². The van der Waals surface area contributed by atoms with E-state index in [0.717, 1.165) is 5.56 Å². The lowest BCUT2D eigenvalue weighted by atomic mass is 9.77. The molecule has 0 amide bonds. The largest absolute Gasteiger partial charge is 0.507 e. The first-order valence-corrected chi connectivity index (χ1v) is 7.66. The van der Waals surface area contributed by atoms with Crippen LogP contribution in [0.15, 0.2) is 6.07 Å². The molecule has 0 saturated carbocycles. The molecule has 4 rings (SSSR count). The van der Waals surface area contributed by atoms with Gasteiger partial charge in [0.25, 0.3) is 0 Å². The standard InChI is InChI=1S/C18H18O6/c1-7-6-8(22-5)14-10-9(7)15-12(13(19)11(10)16(20)23-14)17(2,3)18(4,21)24-15/h6,19,21H,1-5H3/t18-/m0/s1. The van der Waals surface area contributed by atoms with Crippen molar-refractivity contribution in [2.75, 3.05) is 7.11 Å². The summed E-state index contributed by atoms with van der Waals surface area (Å²) in [7, 11) is 1.49. The molecule has 2 aliphatic rings. The molecular formula is C18H18O6. The van der Waals surface area contributed by atoms with Gasteiger partial charge >= 0.3 is 5.97 Å². The lowest BCUT2D eigenvalue weighted by Crippen LogP contribution is -2.44. The third kappa shape index (κ3) is 1.47. The first kappa shape index (κ1) is 15.1. The number of benzene rings is 2. The summed E-state index contributed by atoms with van der Waals surface area (Å²) in [6, 6.07) is 1.75. The summed E-state index contributed by atoms with van der Waals surface area (Å²) in [4.78, 5) is 12.4. The predicted molar refractivity (Wildman–Crippen MR) is 86.1 cm³/mol. The minimum Gasteiger partial charge on any atom is -0.507 e. The van der Waals surface area contributed by atoms with Crippen molar-refractivity contribution in [1.29, 1.82) is 0 Å². The van der Waals surface area contributed by atoms with E-state index < -0.39 is 17.2 Å². The fraction of sp³-hybridized carbons (Fsp3) is 0.389. The molecule has 126 valence electrons. The topological polar surface area (TPSA) is 85.2 Å². The summed E-state index contributed by atoms with van der Waals surface area (Å²) in [6.07, 6.45) is 0. The molecule has 0 spiro atoms. The number of hydrogen-bond donors (Lipinski definition) is 2. The Labute approximate surface area is 138 Å². The van der Waals surface area contributed by atoms with Crippen LogP contribution in [0.25, 0.3) is 10.8 Å². The number of rotatable bonds is 1. The quantitative estimate of drug-likeness (QED) is 0.618. The molecule has 0 unspecified atom stereocenters. The number of ether oxygens (including phenoxy) is 3. The Morgan fingerprint density at radius 2 is 1.83 bits per heavy atom. The SMILES string of the molecule is COc1cc(C)c2c3c(c(O)c4c2c1OC4=O)C(C)(C)[C@@](C)(O)O3. The van der Waals surface area contributed by atoms with Gasteiger partial charge in [-0.05, 0) is 32.4 Å². The van der Waals surface area contributed by atoms with Gasteiger partial charge in [-0.3, -0.25) is 0 Å². The van der Waals surface area contributed by atoms with Crippen LogP contribution < -0.4 is 14.2 Å². The van der Waals surface area contributed by atoms with Crippen LogP contribution in [-0.2, 0) is 5.41 Å². The molecule has 2 aromatic rings. The van der Waals surface area contributed by atoms with E-state index in [4.69, 9.17) is 14.2 Å². The van der Waals surface area contributed by atoms with Gasteiger partial charge in [0.15, 0.2) is 11.5 Å². The average Bonchev–Trinajstić information content (AvgIpc) is 2.90. The van der Waals surface area contributed by atoms with Gasteiger partial charge in [-0.25, -0.2) is 4.79 Å². The molecule has 0 radical (unpaired) electrons. The zero-order valence-corrected chi connectivity index (χ0v) is 14.1. The van der Waals surface area contributed by atoms with Crippen molar-refractivity contribution in [2.45, 2.75) is 38.9 Å². The summed E-state index contributed by atoms with van der Waals surface area (Å²) >= 11 is 0. The zero-order chi connectivity index (χ0) is 17.6. The summed E-state index contributed by atoms with van der Waals surface area (Å²) < 4.78 is 16.5. The molecule has 1 atom stereocenters. The second kappa shape index (κ2) is 4.13. The van der Waals surface area contributed by atoms with Crippen LogP contribution >= 0.6 is 0 Å². The van der Waals surface area contributed by atoms with Gasteiger partial charge in [-0.2, -0.15) is 0 Å². The van der Waals surface area contributed by atoms with E-state index in [9.17, 15) is 15.0 Å². The maximum Gasteiger partial charge on any atom is 0.348 e. The summed E-state index contributed by atoms with van der Waals surface area (Å²) in [5.74, 6) is -1.31. The minimum atomic E-state index is -1.52. The van der Waals surface area contributed by atoms with Gasteiger partial charge in [0.05, 0.1) is 17.9 Å². The molecule has 0 aliphatic carbocycles. The first-order valence-electron chi connectivity index (χ1n) is 7.66. The van der Waals surface area contributed by atoms with Gasteiger partial charge in [0.1, 0.15) is 17.1 Å². The van der Waals surface area contributed by atoms with E-state index in [1.54, 1.807) is 26.8 Å². The van der Waals surface area contributed by atoms with E-state index in [1.165, 1.54) is 7.11 Å². The molecule has 0 aromatic heterocycles. The first-order chi connectivity index (χ1) is 11.1. The number of carbonyl (C=O) groups is 1. The number of phenolic OH excluding ortho intramolecular Hbond substituents is 1. The van der Waals surface area contributed by atoms with Gasteiger partial charge < -0.3 is 24.4 Å². The third-order valence-corrected chi connectivity index (χ3v) is 5.32. The van der Waals surface area contributed by atoms with Crippen molar-refractivity contribution in [3.8, 4) is 23.0 Å². The summed E-state index contributed by atoms with van der Waals surface area (Å²) in [5.41, 5.74) is 0.394. The van der Waals surface area contributed by atoms with E-state index >= 15 is 0 Å². The van der Waals surface area contributed by atoms with Crippen molar-refractivity contribution in [3.05, 3.63) is 22.8 Å². The Bertz CT molecular complexity index is 939. The Balaban J connectivity index is 2.26. The van der Waals surface area contributed by atoms with Crippen LogP contribution in [0.3, 0.4) is 0 Å². The van der Waals surface area contributed by atoms with E-state index in [0.29, 0.717) is 27.8 Å². The molecule has 2 aliphatic heterocycles. The molecule has 2 N–H and O–H groups in total. The zero-order valence-electron chi connectivity index (χ0n) is 14.1. The van der Waals surface area contributed by atoms with Crippen LogP contribution in [0.5, 0.6) is 23.0 Å². The number of hydrogen-bond acceptors (Lipinski definition) is 6. The highest BCUT2D eigenvalue weighted by Crippen LogP contribution is 2.60. The van der Waals surface area contributed by atoms with Gasteiger partial charge in [-0.1, -0.05) is 0 Å². The second-order valence-corrected chi connectivity index (χ2v) is 7.00. The van der Waals surface area contributed by atoms with Crippen LogP contribution in [0.2, 0.25) is 0 Å². The molecule has 24 heavy (non-hydrogen) atoms. The molecule has 2 heterocycles. The molecule has 6 heteroatoms. The van der Waals surface area contributed by atoms with Crippen molar-refractivity contribution >= 4 is 16.7 Å². The number of aliphatic hydroxyl groups is 1. The summed E-state index contributed by atoms with van der Waals surface area (Å²) in [6.45, 7) is 6.92. The fourth-order valence-corrected chi connectivity index (χ4v) is 3.61. The molecule has 0 saturated heterocycles. The number of aromatic hydroxyl groups is 1. The summed E-state index contributed by atoms with van der Waals surface area (Å²) in [5, 5.41) is 22.6. The van der Waals surface area contributed by atoms with Crippen LogP contribution in [0.1, 0.15) is 42.3 Å². The van der Waals surface area contributed by atoms with E-state index in [-0.39, 0.29) is 17.1 Å². The van der Waals surface area contributed by atoms with Gasteiger partial charge in [0, 0.05) is 17.9 Å². The smallest absolute Gasteiger partial charge is 0.348 e. The number of phenols is 1. The molecule has 0 fully saturated rings. The lowest BCUT2D eigenvalue weighted by Gasteiger charge is -2.31. The van der Waals surface area contributed by atoms with Crippen molar-refractivity contribution in [1.82, 2.24) is 0 Å². The number of fused-ring (bicyclic) bond motifs is 2. The number of aryl methyl sites for hydroxylation is 1. The predicted octanol–water partition coefficient (Wildman–Crippen LogP) is 2.77. The van der Waals surface area contributed by atoms with Crippen molar-refractivity contribution < 1.29 is 29.2 Å². The lowest BCUT2D eigenvalue weighted by molar-refractivity contribution is -0.148. The number of esters is 1. The minimum absolute atomic E-state index is 0.0927. The van der Waals surface area contributed by atoms with E-state index in [2.05, 4.69) is 0 Å². The molecular weight excluding hydrogens is 312 g/mol. The van der Waals surface area contributed by atoms with Crippen LogP contribution in [-0.4, -0.2) is 29.1 Å². The number of carbonyl (C=O) groups excluding carboxylic acids is 1. The normalized spacial score (nSPS) is 23.2. The number of methoxy groups -OCH3 is 1. The highest BCUT2D eigenvalue weighted by Gasteiger charge is 2.54. The Morgan fingerprint density at radius 3 is 2.46 bits per heavy atom.